The second kappa shape index (κ2) is 7.62. The van der Waals surface area contributed by atoms with Crippen molar-refractivity contribution in [3.8, 4) is 5.75 Å². The van der Waals surface area contributed by atoms with Gasteiger partial charge in [0.25, 0.3) is 0 Å². The molecule has 0 bridgehead atoms. The van der Waals surface area contributed by atoms with Crippen LogP contribution in [0.25, 0.3) is 0 Å². The van der Waals surface area contributed by atoms with Crippen LogP contribution in [0.15, 0.2) is 48.8 Å². The number of benzene rings is 1. The maximum absolute atomic E-state index is 5.55. The maximum atomic E-state index is 5.55. The van der Waals surface area contributed by atoms with Crippen LogP contribution in [0.2, 0.25) is 0 Å². The van der Waals surface area contributed by atoms with E-state index in [1.54, 1.807) is 12.4 Å². The normalized spacial score (nSPS) is 15.7. The lowest BCUT2D eigenvalue weighted by Gasteiger charge is -2.32. The van der Waals surface area contributed by atoms with E-state index in [1.807, 2.05) is 31.2 Å². The van der Waals surface area contributed by atoms with E-state index in [0.717, 1.165) is 24.3 Å². The zero-order valence-electron chi connectivity index (χ0n) is 13.9. The fraction of sp³-hybridized carbons (Fsp3) is 0.368. The molecule has 5 heteroatoms. The van der Waals surface area contributed by atoms with E-state index >= 15 is 0 Å². The molecule has 3 rings (SSSR count). The predicted octanol–water partition coefficient (Wildman–Crippen LogP) is 4.24. The van der Waals surface area contributed by atoms with Crippen LogP contribution in [0.4, 0.5) is 5.69 Å². The standard InChI is InChI=1S/C19H23N3OS/c1-2-23-17-7-5-15(6-8-17)19(11-3-4-12-19)22-18(24)21-16-9-13-20-14-10-16/h5-10,13-14H,2-4,11-12H2,1H3,(H2,20,21,22,24). The molecule has 0 unspecified atom stereocenters. The Bertz CT molecular complexity index is 667. The summed E-state index contributed by atoms with van der Waals surface area (Å²) in [5, 5.41) is 7.47. The fourth-order valence-corrected chi connectivity index (χ4v) is 3.63. The van der Waals surface area contributed by atoms with Gasteiger partial charge in [-0.2, -0.15) is 0 Å². The van der Waals surface area contributed by atoms with Gasteiger partial charge in [-0.3, -0.25) is 4.98 Å². The molecule has 126 valence electrons. The van der Waals surface area contributed by atoms with Gasteiger partial charge in [0.15, 0.2) is 5.11 Å². The molecule has 0 spiro atoms. The van der Waals surface area contributed by atoms with Crippen molar-refractivity contribution in [2.75, 3.05) is 11.9 Å². The summed E-state index contributed by atoms with van der Waals surface area (Å²) in [7, 11) is 0. The quantitative estimate of drug-likeness (QED) is 0.797. The average molecular weight is 341 g/mol. The lowest BCUT2D eigenvalue weighted by Crippen LogP contribution is -2.45. The summed E-state index contributed by atoms with van der Waals surface area (Å²) in [5.74, 6) is 0.909. The maximum Gasteiger partial charge on any atom is 0.171 e. The number of aromatic nitrogens is 1. The average Bonchev–Trinajstić information content (AvgIpc) is 3.06. The number of thiocarbonyl (C=S) groups is 1. The molecule has 1 aliphatic rings. The third kappa shape index (κ3) is 3.85. The summed E-state index contributed by atoms with van der Waals surface area (Å²) in [6.07, 6.45) is 8.08. The summed E-state index contributed by atoms with van der Waals surface area (Å²) in [6, 6.07) is 12.2. The van der Waals surface area contributed by atoms with Crippen LogP contribution < -0.4 is 15.4 Å². The zero-order chi connectivity index (χ0) is 16.8. The second-order valence-corrected chi connectivity index (χ2v) is 6.47. The van der Waals surface area contributed by atoms with Crippen molar-refractivity contribution in [1.29, 1.82) is 0 Å². The lowest BCUT2D eigenvalue weighted by atomic mass is 9.88. The first kappa shape index (κ1) is 16.7. The van der Waals surface area contributed by atoms with Crippen molar-refractivity contribution in [3.05, 3.63) is 54.4 Å². The Morgan fingerprint density at radius 2 is 1.79 bits per heavy atom. The number of nitrogens with one attached hydrogen (secondary N) is 2. The molecule has 1 saturated carbocycles. The Balaban J connectivity index is 1.74. The molecule has 24 heavy (non-hydrogen) atoms. The number of pyridine rings is 1. The molecular weight excluding hydrogens is 318 g/mol. The Hall–Kier alpha value is -2.14. The van der Waals surface area contributed by atoms with Crippen LogP contribution >= 0.6 is 12.2 Å². The third-order valence-corrected chi connectivity index (χ3v) is 4.67. The number of nitrogens with zero attached hydrogens (tertiary/aromatic N) is 1. The highest BCUT2D eigenvalue weighted by Gasteiger charge is 2.36. The van der Waals surface area contributed by atoms with Crippen molar-refractivity contribution >= 4 is 23.0 Å². The lowest BCUT2D eigenvalue weighted by molar-refractivity contribution is 0.339. The van der Waals surface area contributed by atoms with Gasteiger partial charge in [0, 0.05) is 18.1 Å². The number of rotatable bonds is 5. The highest BCUT2D eigenvalue weighted by molar-refractivity contribution is 7.80. The van der Waals surface area contributed by atoms with E-state index < -0.39 is 0 Å². The summed E-state index contributed by atoms with van der Waals surface area (Å²) in [5.41, 5.74) is 2.12. The highest BCUT2D eigenvalue weighted by atomic mass is 32.1. The molecule has 0 radical (unpaired) electrons. The first-order chi connectivity index (χ1) is 11.7. The number of ether oxygens (including phenoxy) is 1. The predicted molar refractivity (Wildman–Crippen MR) is 101 cm³/mol. The van der Waals surface area contributed by atoms with Crippen LogP contribution in [-0.4, -0.2) is 16.7 Å². The van der Waals surface area contributed by atoms with Crippen molar-refractivity contribution in [2.24, 2.45) is 0 Å². The van der Waals surface area contributed by atoms with Gasteiger partial charge < -0.3 is 15.4 Å². The fourth-order valence-electron chi connectivity index (χ4n) is 3.32. The SMILES string of the molecule is CCOc1ccc(C2(NC(=S)Nc3ccncc3)CCCC2)cc1. The van der Waals surface area contributed by atoms with E-state index in [0.29, 0.717) is 11.7 Å². The monoisotopic (exact) mass is 341 g/mol. The van der Waals surface area contributed by atoms with Gasteiger partial charge in [0.05, 0.1) is 12.1 Å². The molecular formula is C19H23N3OS. The molecule has 1 aromatic carbocycles. The van der Waals surface area contributed by atoms with E-state index in [4.69, 9.17) is 17.0 Å². The highest BCUT2D eigenvalue weighted by Crippen LogP contribution is 2.39. The molecule has 2 aromatic rings. The van der Waals surface area contributed by atoms with Gasteiger partial charge in [-0.15, -0.1) is 0 Å². The second-order valence-electron chi connectivity index (χ2n) is 6.06. The van der Waals surface area contributed by atoms with E-state index in [9.17, 15) is 0 Å². The van der Waals surface area contributed by atoms with Crippen LogP contribution in [0.3, 0.4) is 0 Å². The molecule has 1 heterocycles. The first-order valence-electron chi connectivity index (χ1n) is 8.44. The molecule has 0 atom stereocenters. The summed E-state index contributed by atoms with van der Waals surface area (Å²) in [4.78, 5) is 4.02. The van der Waals surface area contributed by atoms with Gasteiger partial charge in [-0.25, -0.2) is 0 Å². The van der Waals surface area contributed by atoms with Crippen LogP contribution in [0, 0.1) is 0 Å². The Labute approximate surface area is 148 Å². The van der Waals surface area contributed by atoms with Crippen molar-refractivity contribution < 1.29 is 4.74 Å². The Kier molecular flexibility index (Phi) is 5.30. The molecule has 2 N–H and O–H groups in total. The smallest absolute Gasteiger partial charge is 0.171 e. The molecule has 0 saturated heterocycles. The van der Waals surface area contributed by atoms with Crippen molar-refractivity contribution in [1.82, 2.24) is 10.3 Å². The first-order valence-corrected chi connectivity index (χ1v) is 8.85. The molecule has 1 aliphatic carbocycles. The molecule has 0 aliphatic heterocycles. The third-order valence-electron chi connectivity index (χ3n) is 4.47. The summed E-state index contributed by atoms with van der Waals surface area (Å²) >= 11 is 5.54. The minimum atomic E-state index is -0.0954. The van der Waals surface area contributed by atoms with Gasteiger partial charge >= 0.3 is 0 Å². The van der Waals surface area contributed by atoms with E-state index in [1.165, 1.54) is 18.4 Å². The number of hydrogen-bond donors (Lipinski definition) is 2. The largest absolute Gasteiger partial charge is 0.494 e. The summed E-state index contributed by atoms with van der Waals surface area (Å²) in [6.45, 7) is 2.68. The number of anilines is 1. The zero-order valence-corrected chi connectivity index (χ0v) is 14.7. The Morgan fingerprint density at radius 3 is 2.42 bits per heavy atom. The van der Waals surface area contributed by atoms with E-state index in [2.05, 4.69) is 27.8 Å². The van der Waals surface area contributed by atoms with E-state index in [-0.39, 0.29) is 5.54 Å². The van der Waals surface area contributed by atoms with Gasteiger partial charge in [0.2, 0.25) is 0 Å². The van der Waals surface area contributed by atoms with Crippen LogP contribution in [0.1, 0.15) is 38.2 Å². The van der Waals surface area contributed by atoms with Crippen LogP contribution in [-0.2, 0) is 5.54 Å². The van der Waals surface area contributed by atoms with Gasteiger partial charge in [0.1, 0.15) is 5.75 Å². The minimum absolute atomic E-state index is 0.0954. The topological polar surface area (TPSA) is 46.2 Å². The summed E-state index contributed by atoms with van der Waals surface area (Å²) < 4.78 is 5.55. The Morgan fingerprint density at radius 1 is 1.12 bits per heavy atom. The van der Waals surface area contributed by atoms with Crippen LogP contribution in [0.5, 0.6) is 5.75 Å². The van der Waals surface area contributed by atoms with Gasteiger partial charge in [-0.05, 0) is 61.8 Å². The minimum Gasteiger partial charge on any atom is -0.494 e. The molecule has 1 fully saturated rings. The molecule has 4 nitrogen and oxygen atoms in total. The van der Waals surface area contributed by atoms with Crippen molar-refractivity contribution in [2.45, 2.75) is 38.1 Å². The molecule has 1 aromatic heterocycles. The van der Waals surface area contributed by atoms with Crippen molar-refractivity contribution in [3.63, 3.8) is 0 Å². The van der Waals surface area contributed by atoms with Gasteiger partial charge in [-0.1, -0.05) is 25.0 Å². The number of hydrogen-bond acceptors (Lipinski definition) is 3. The molecule has 0 amide bonds.